The van der Waals surface area contributed by atoms with E-state index in [9.17, 15) is 0 Å². The van der Waals surface area contributed by atoms with E-state index >= 15 is 0 Å². The van der Waals surface area contributed by atoms with Gasteiger partial charge in [0.2, 0.25) is 17.6 Å². The Morgan fingerprint density at radius 1 is 1.10 bits per heavy atom. The lowest BCUT2D eigenvalue weighted by Gasteiger charge is -2.14. The highest BCUT2D eigenvalue weighted by atomic mass is 16.5. The number of aryl methyl sites for hydroxylation is 1. The Balaban J connectivity index is 2.43. The van der Waals surface area contributed by atoms with Gasteiger partial charge >= 0.3 is 0 Å². The molecule has 0 saturated carbocycles. The van der Waals surface area contributed by atoms with Crippen LogP contribution < -0.4 is 19.5 Å². The van der Waals surface area contributed by atoms with Crippen LogP contribution in [0, 0.1) is 6.92 Å². The highest BCUT2D eigenvalue weighted by Gasteiger charge is 2.15. The number of benzene rings is 1. The monoisotopic (exact) mass is 275 g/mol. The Kier molecular flexibility index (Phi) is 4.24. The molecular formula is C14H17N3O3. The van der Waals surface area contributed by atoms with Crippen molar-refractivity contribution in [2.75, 3.05) is 26.6 Å². The maximum Gasteiger partial charge on any atom is 0.227 e. The molecule has 1 aromatic heterocycles. The summed E-state index contributed by atoms with van der Waals surface area (Å²) in [4.78, 5) is 8.40. The minimum Gasteiger partial charge on any atom is -0.493 e. The molecule has 6 heteroatoms. The van der Waals surface area contributed by atoms with Gasteiger partial charge in [-0.15, -0.1) is 0 Å². The molecular weight excluding hydrogens is 258 g/mol. The maximum atomic E-state index is 5.85. The van der Waals surface area contributed by atoms with Crippen LogP contribution in [0.4, 0.5) is 5.95 Å². The predicted octanol–water partition coefficient (Wildman–Crippen LogP) is 2.64. The Morgan fingerprint density at radius 3 is 2.30 bits per heavy atom. The smallest absolute Gasteiger partial charge is 0.227 e. The van der Waals surface area contributed by atoms with E-state index in [0.29, 0.717) is 29.1 Å². The van der Waals surface area contributed by atoms with Gasteiger partial charge in [-0.2, -0.15) is 4.98 Å². The molecule has 20 heavy (non-hydrogen) atoms. The Morgan fingerprint density at radius 2 is 1.75 bits per heavy atom. The van der Waals surface area contributed by atoms with Crippen molar-refractivity contribution in [3.8, 4) is 23.1 Å². The third kappa shape index (κ3) is 2.74. The normalized spacial score (nSPS) is 10.0. The second-order valence-corrected chi connectivity index (χ2v) is 4.03. The fraction of sp³-hybridized carbons (Fsp3) is 0.286. The van der Waals surface area contributed by atoms with E-state index in [-0.39, 0.29) is 0 Å². The predicted molar refractivity (Wildman–Crippen MR) is 75.9 cm³/mol. The van der Waals surface area contributed by atoms with E-state index in [1.807, 2.05) is 13.0 Å². The summed E-state index contributed by atoms with van der Waals surface area (Å²) in [7, 11) is 4.90. The summed E-state index contributed by atoms with van der Waals surface area (Å²) in [5.74, 6) is 2.58. The first-order chi connectivity index (χ1) is 9.69. The van der Waals surface area contributed by atoms with Gasteiger partial charge in [0.25, 0.3) is 0 Å². The number of anilines is 1. The van der Waals surface area contributed by atoms with Crippen molar-refractivity contribution >= 4 is 5.95 Å². The van der Waals surface area contributed by atoms with E-state index in [1.165, 1.54) is 0 Å². The summed E-state index contributed by atoms with van der Waals surface area (Å²) in [6.45, 7) is 1.87. The first kappa shape index (κ1) is 13.9. The fourth-order valence-corrected chi connectivity index (χ4v) is 1.66. The van der Waals surface area contributed by atoms with Crippen LogP contribution in [0.15, 0.2) is 24.4 Å². The number of ether oxygens (including phenoxy) is 3. The van der Waals surface area contributed by atoms with Gasteiger partial charge in [0.05, 0.1) is 14.2 Å². The van der Waals surface area contributed by atoms with E-state index in [1.54, 1.807) is 39.6 Å². The quantitative estimate of drug-likeness (QED) is 0.905. The maximum absolute atomic E-state index is 5.85. The molecule has 1 aromatic carbocycles. The molecule has 1 heterocycles. The topological polar surface area (TPSA) is 65.5 Å². The van der Waals surface area contributed by atoms with Crippen LogP contribution in [-0.4, -0.2) is 31.2 Å². The molecule has 2 rings (SSSR count). The van der Waals surface area contributed by atoms with Crippen LogP contribution in [0.5, 0.6) is 23.1 Å². The van der Waals surface area contributed by atoms with Crippen molar-refractivity contribution in [3.05, 3.63) is 30.0 Å². The lowest BCUT2D eigenvalue weighted by atomic mass is 10.3. The van der Waals surface area contributed by atoms with Crippen molar-refractivity contribution in [1.29, 1.82) is 0 Å². The molecule has 0 amide bonds. The molecule has 0 bridgehead atoms. The lowest BCUT2D eigenvalue weighted by molar-refractivity contribution is 0.341. The molecule has 0 spiro atoms. The number of hydrogen-bond acceptors (Lipinski definition) is 6. The summed E-state index contributed by atoms with van der Waals surface area (Å²) in [5.41, 5.74) is 0.817. The van der Waals surface area contributed by atoms with Crippen molar-refractivity contribution in [2.45, 2.75) is 6.92 Å². The lowest BCUT2D eigenvalue weighted by Crippen LogP contribution is -2.01. The third-order valence-electron chi connectivity index (χ3n) is 2.73. The number of hydrogen-bond donors (Lipinski definition) is 1. The second kappa shape index (κ2) is 6.10. The first-order valence-electron chi connectivity index (χ1n) is 6.09. The molecule has 0 radical (unpaired) electrons. The molecule has 0 aliphatic carbocycles. The summed E-state index contributed by atoms with van der Waals surface area (Å²) >= 11 is 0. The molecule has 0 unspecified atom stereocenters. The number of rotatable bonds is 5. The van der Waals surface area contributed by atoms with Crippen molar-refractivity contribution < 1.29 is 14.2 Å². The zero-order valence-electron chi connectivity index (χ0n) is 11.9. The molecule has 6 nitrogen and oxygen atoms in total. The summed E-state index contributed by atoms with van der Waals surface area (Å²) in [6.07, 6.45) is 1.69. The Hall–Kier alpha value is -2.50. The summed E-state index contributed by atoms with van der Waals surface area (Å²) in [5, 5.41) is 2.87. The van der Waals surface area contributed by atoms with Crippen LogP contribution in [0.3, 0.4) is 0 Å². The van der Waals surface area contributed by atoms with Gasteiger partial charge in [-0.3, -0.25) is 0 Å². The number of para-hydroxylation sites is 1. The van der Waals surface area contributed by atoms with E-state index in [4.69, 9.17) is 14.2 Å². The van der Waals surface area contributed by atoms with Crippen LogP contribution in [0.25, 0.3) is 0 Å². The zero-order chi connectivity index (χ0) is 14.5. The van der Waals surface area contributed by atoms with Crippen molar-refractivity contribution in [2.24, 2.45) is 0 Å². The van der Waals surface area contributed by atoms with Crippen LogP contribution in [-0.2, 0) is 0 Å². The van der Waals surface area contributed by atoms with E-state index < -0.39 is 0 Å². The summed E-state index contributed by atoms with van der Waals surface area (Å²) < 4.78 is 16.4. The van der Waals surface area contributed by atoms with Gasteiger partial charge in [0.15, 0.2) is 11.5 Å². The van der Waals surface area contributed by atoms with Crippen LogP contribution >= 0.6 is 0 Å². The van der Waals surface area contributed by atoms with E-state index in [2.05, 4.69) is 15.3 Å². The first-order valence-corrected chi connectivity index (χ1v) is 6.09. The van der Waals surface area contributed by atoms with Crippen molar-refractivity contribution in [1.82, 2.24) is 9.97 Å². The number of methoxy groups -OCH3 is 2. The fourth-order valence-electron chi connectivity index (χ4n) is 1.66. The van der Waals surface area contributed by atoms with Crippen molar-refractivity contribution in [3.63, 3.8) is 0 Å². The largest absolute Gasteiger partial charge is 0.493 e. The summed E-state index contributed by atoms with van der Waals surface area (Å²) in [6, 6.07) is 5.43. The van der Waals surface area contributed by atoms with Gasteiger partial charge in [0, 0.05) is 18.8 Å². The Bertz CT molecular complexity index is 580. The van der Waals surface area contributed by atoms with Gasteiger partial charge in [-0.1, -0.05) is 6.07 Å². The van der Waals surface area contributed by atoms with Gasteiger partial charge in [-0.25, -0.2) is 4.98 Å². The number of nitrogens with zero attached hydrogens (tertiary/aromatic N) is 2. The third-order valence-corrected chi connectivity index (χ3v) is 2.73. The highest BCUT2D eigenvalue weighted by Crippen LogP contribution is 2.40. The molecule has 106 valence electrons. The number of aromatic nitrogens is 2. The molecule has 0 fully saturated rings. The molecule has 0 saturated heterocycles. The molecule has 1 N–H and O–H groups in total. The molecule has 0 atom stereocenters. The molecule has 2 aromatic rings. The van der Waals surface area contributed by atoms with E-state index in [0.717, 1.165) is 5.56 Å². The SMILES string of the molecule is CNc1ncc(C)c(Oc2c(OC)cccc2OC)n1. The average Bonchev–Trinajstić information content (AvgIpc) is 2.49. The van der Waals surface area contributed by atoms with Gasteiger partial charge < -0.3 is 19.5 Å². The van der Waals surface area contributed by atoms with Crippen LogP contribution in [0.1, 0.15) is 5.56 Å². The second-order valence-electron chi connectivity index (χ2n) is 4.03. The zero-order valence-corrected chi connectivity index (χ0v) is 11.9. The molecule has 0 aliphatic heterocycles. The Labute approximate surface area is 117 Å². The minimum absolute atomic E-state index is 0.451. The average molecular weight is 275 g/mol. The molecule has 0 aliphatic rings. The van der Waals surface area contributed by atoms with Crippen LogP contribution in [0.2, 0.25) is 0 Å². The van der Waals surface area contributed by atoms with Gasteiger partial charge in [0.1, 0.15) is 0 Å². The highest BCUT2D eigenvalue weighted by molar-refractivity contribution is 5.53. The minimum atomic E-state index is 0.451. The number of nitrogens with one attached hydrogen (secondary N) is 1. The standard InChI is InChI=1S/C14H17N3O3/c1-9-8-16-14(15-2)17-13(9)20-12-10(18-3)6-5-7-11(12)19-4/h5-8H,1-4H3,(H,15,16,17). The van der Waals surface area contributed by atoms with Gasteiger partial charge in [-0.05, 0) is 19.1 Å².